The third-order valence-electron chi connectivity index (χ3n) is 2.56. The molecule has 0 bridgehead atoms. The highest BCUT2D eigenvalue weighted by Gasteiger charge is 2.12. The maximum atomic E-state index is 12.0. The lowest BCUT2D eigenvalue weighted by Gasteiger charge is -2.13. The van der Waals surface area contributed by atoms with E-state index in [0.717, 1.165) is 18.5 Å². The third-order valence-corrected chi connectivity index (χ3v) is 2.56. The molecular weight excluding hydrogens is 216 g/mol. The van der Waals surface area contributed by atoms with Gasteiger partial charge < -0.3 is 15.7 Å². The van der Waals surface area contributed by atoms with Gasteiger partial charge in [-0.2, -0.15) is 0 Å². The van der Waals surface area contributed by atoms with Crippen molar-refractivity contribution in [2.24, 2.45) is 0 Å². The summed E-state index contributed by atoms with van der Waals surface area (Å²) in [5.41, 5.74) is 1.70. The molecule has 1 aromatic rings. The highest BCUT2D eigenvalue weighted by molar-refractivity contribution is 5.95. The SMILES string of the molecule is CNCCc1ccccc1C(=O)N[C@H](C)CO. The summed E-state index contributed by atoms with van der Waals surface area (Å²) in [7, 11) is 1.89. The predicted molar refractivity (Wildman–Crippen MR) is 68.1 cm³/mol. The van der Waals surface area contributed by atoms with E-state index in [2.05, 4.69) is 10.6 Å². The van der Waals surface area contributed by atoms with Gasteiger partial charge in [-0.1, -0.05) is 18.2 Å². The van der Waals surface area contributed by atoms with Gasteiger partial charge in [0.15, 0.2) is 0 Å². The van der Waals surface area contributed by atoms with Crippen molar-refractivity contribution in [3.63, 3.8) is 0 Å². The second-order valence-corrected chi connectivity index (χ2v) is 4.07. The molecule has 0 radical (unpaired) electrons. The largest absolute Gasteiger partial charge is 0.394 e. The standard InChI is InChI=1S/C13H20N2O2/c1-10(9-16)15-13(17)12-6-4-3-5-11(12)7-8-14-2/h3-6,10,14,16H,7-9H2,1-2H3,(H,15,17)/t10-/m1/s1. The van der Waals surface area contributed by atoms with Crippen LogP contribution < -0.4 is 10.6 Å². The van der Waals surface area contributed by atoms with E-state index in [9.17, 15) is 4.79 Å². The molecule has 17 heavy (non-hydrogen) atoms. The first-order valence-corrected chi connectivity index (χ1v) is 5.83. The van der Waals surface area contributed by atoms with Crippen LogP contribution in [0, 0.1) is 0 Å². The molecule has 4 heteroatoms. The summed E-state index contributed by atoms with van der Waals surface area (Å²) in [5, 5.41) is 14.7. The zero-order chi connectivity index (χ0) is 12.7. The van der Waals surface area contributed by atoms with Gasteiger partial charge in [0, 0.05) is 11.6 Å². The van der Waals surface area contributed by atoms with E-state index in [0.29, 0.717) is 5.56 Å². The van der Waals surface area contributed by atoms with Crippen LogP contribution in [-0.2, 0) is 6.42 Å². The van der Waals surface area contributed by atoms with E-state index in [1.54, 1.807) is 6.92 Å². The first kappa shape index (κ1) is 13.7. The van der Waals surface area contributed by atoms with E-state index >= 15 is 0 Å². The number of hydrogen-bond acceptors (Lipinski definition) is 3. The molecule has 0 aliphatic heterocycles. The summed E-state index contributed by atoms with van der Waals surface area (Å²) in [6.07, 6.45) is 0.813. The van der Waals surface area contributed by atoms with Crippen molar-refractivity contribution in [3.05, 3.63) is 35.4 Å². The fourth-order valence-corrected chi connectivity index (χ4v) is 1.57. The first-order chi connectivity index (χ1) is 8.19. The lowest BCUT2D eigenvalue weighted by molar-refractivity contribution is 0.0921. The average molecular weight is 236 g/mol. The quantitative estimate of drug-likeness (QED) is 0.676. The maximum Gasteiger partial charge on any atom is 0.251 e. The van der Waals surface area contributed by atoms with E-state index in [4.69, 9.17) is 5.11 Å². The minimum Gasteiger partial charge on any atom is -0.394 e. The number of carbonyl (C=O) groups excluding carboxylic acids is 1. The Hall–Kier alpha value is -1.39. The molecule has 1 atom stereocenters. The fraction of sp³-hybridized carbons (Fsp3) is 0.462. The predicted octanol–water partition coefficient (Wildman–Crippen LogP) is 0.559. The lowest BCUT2D eigenvalue weighted by atomic mass is 10.0. The van der Waals surface area contributed by atoms with E-state index in [1.165, 1.54) is 0 Å². The second-order valence-electron chi connectivity index (χ2n) is 4.07. The summed E-state index contributed by atoms with van der Waals surface area (Å²) in [6.45, 7) is 2.55. The Bertz CT molecular complexity index is 366. The highest BCUT2D eigenvalue weighted by Crippen LogP contribution is 2.09. The van der Waals surface area contributed by atoms with E-state index in [1.807, 2.05) is 31.3 Å². The topological polar surface area (TPSA) is 61.4 Å². The van der Waals surface area contributed by atoms with Gasteiger partial charge in [0.25, 0.3) is 5.91 Å². The first-order valence-electron chi connectivity index (χ1n) is 5.83. The van der Waals surface area contributed by atoms with Gasteiger partial charge in [-0.15, -0.1) is 0 Å². The van der Waals surface area contributed by atoms with Crippen molar-refractivity contribution in [2.75, 3.05) is 20.2 Å². The number of aliphatic hydroxyl groups is 1. The highest BCUT2D eigenvalue weighted by atomic mass is 16.3. The molecule has 3 N–H and O–H groups in total. The Balaban J connectivity index is 2.77. The summed E-state index contributed by atoms with van der Waals surface area (Å²) in [6, 6.07) is 7.32. The van der Waals surface area contributed by atoms with Crippen molar-refractivity contribution >= 4 is 5.91 Å². The van der Waals surface area contributed by atoms with Crippen molar-refractivity contribution in [1.29, 1.82) is 0 Å². The van der Waals surface area contributed by atoms with Gasteiger partial charge in [-0.05, 0) is 38.6 Å². The number of aliphatic hydroxyl groups excluding tert-OH is 1. The summed E-state index contributed by atoms with van der Waals surface area (Å²) in [5.74, 6) is -0.127. The average Bonchev–Trinajstić information content (AvgIpc) is 2.36. The third kappa shape index (κ3) is 4.17. The summed E-state index contributed by atoms with van der Waals surface area (Å²) < 4.78 is 0. The number of benzene rings is 1. The number of likely N-dealkylation sites (N-methyl/N-ethyl adjacent to an activating group) is 1. The molecule has 0 aliphatic rings. The van der Waals surface area contributed by atoms with Crippen LogP contribution in [0.3, 0.4) is 0 Å². The molecule has 94 valence electrons. The molecule has 0 heterocycles. The van der Waals surface area contributed by atoms with Crippen molar-refractivity contribution in [3.8, 4) is 0 Å². The van der Waals surface area contributed by atoms with Crippen LogP contribution in [0.5, 0.6) is 0 Å². The fourth-order valence-electron chi connectivity index (χ4n) is 1.57. The van der Waals surface area contributed by atoms with Gasteiger partial charge in [0.05, 0.1) is 6.61 Å². The molecule has 0 fully saturated rings. The molecular formula is C13H20N2O2. The van der Waals surface area contributed by atoms with Gasteiger partial charge in [0.2, 0.25) is 0 Å². The summed E-state index contributed by atoms with van der Waals surface area (Å²) in [4.78, 5) is 12.0. The van der Waals surface area contributed by atoms with Crippen LogP contribution >= 0.6 is 0 Å². The zero-order valence-electron chi connectivity index (χ0n) is 10.4. The number of amides is 1. The monoisotopic (exact) mass is 236 g/mol. The Morgan fingerprint density at radius 2 is 2.12 bits per heavy atom. The Morgan fingerprint density at radius 3 is 2.76 bits per heavy atom. The molecule has 1 rings (SSSR count). The van der Waals surface area contributed by atoms with Crippen LogP contribution in [0.4, 0.5) is 0 Å². The number of carbonyl (C=O) groups is 1. The van der Waals surface area contributed by atoms with Crippen LogP contribution in [0.2, 0.25) is 0 Å². The molecule has 0 saturated carbocycles. The minimum atomic E-state index is -0.222. The van der Waals surface area contributed by atoms with Gasteiger partial charge in [0.1, 0.15) is 0 Å². The zero-order valence-corrected chi connectivity index (χ0v) is 10.4. The normalized spacial score (nSPS) is 12.2. The lowest BCUT2D eigenvalue weighted by Crippen LogP contribution is -2.35. The molecule has 0 aliphatic carbocycles. The van der Waals surface area contributed by atoms with Crippen molar-refractivity contribution in [1.82, 2.24) is 10.6 Å². The maximum absolute atomic E-state index is 12.0. The molecule has 4 nitrogen and oxygen atoms in total. The molecule has 0 aromatic heterocycles. The van der Waals surface area contributed by atoms with Gasteiger partial charge in [-0.25, -0.2) is 0 Å². The van der Waals surface area contributed by atoms with E-state index in [-0.39, 0.29) is 18.6 Å². The number of rotatable bonds is 6. The Morgan fingerprint density at radius 1 is 1.41 bits per heavy atom. The molecule has 0 saturated heterocycles. The van der Waals surface area contributed by atoms with Crippen LogP contribution in [0.1, 0.15) is 22.8 Å². The molecule has 0 unspecified atom stereocenters. The smallest absolute Gasteiger partial charge is 0.251 e. The summed E-state index contributed by atoms with van der Waals surface area (Å²) >= 11 is 0. The number of hydrogen-bond donors (Lipinski definition) is 3. The van der Waals surface area contributed by atoms with Crippen LogP contribution in [-0.4, -0.2) is 37.3 Å². The van der Waals surface area contributed by atoms with Gasteiger partial charge in [-0.3, -0.25) is 4.79 Å². The molecule has 0 spiro atoms. The van der Waals surface area contributed by atoms with Crippen molar-refractivity contribution < 1.29 is 9.90 Å². The number of nitrogens with one attached hydrogen (secondary N) is 2. The minimum absolute atomic E-state index is 0.0512. The Labute approximate surface area is 102 Å². The van der Waals surface area contributed by atoms with Crippen molar-refractivity contribution in [2.45, 2.75) is 19.4 Å². The Kier molecular flexibility index (Phi) is 5.66. The van der Waals surface area contributed by atoms with Gasteiger partial charge >= 0.3 is 0 Å². The second kappa shape index (κ2) is 7.04. The van der Waals surface area contributed by atoms with Crippen LogP contribution in [0.15, 0.2) is 24.3 Å². The van der Waals surface area contributed by atoms with E-state index < -0.39 is 0 Å². The molecule has 1 amide bonds. The van der Waals surface area contributed by atoms with Crippen LogP contribution in [0.25, 0.3) is 0 Å². The molecule has 1 aromatic carbocycles.